The van der Waals surface area contributed by atoms with E-state index in [1.165, 1.54) is 17.0 Å². The topological polar surface area (TPSA) is 70.8 Å². The molecule has 0 aromatic carbocycles. The van der Waals surface area contributed by atoms with Gasteiger partial charge in [0.05, 0.1) is 6.42 Å². The molecule has 18 heavy (non-hydrogen) atoms. The molecule has 1 N–H and O–H groups in total. The van der Waals surface area contributed by atoms with Gasteiger partial charge in [0.1, 0.15) is 0 Å². The highest BCUT2D eigenvalue weighted by molar-refractivity contribution is 6.29. The van der Waals surface area contributed by atoms with E-state index < -0.39 is 5.97 Å². The van der Waals surface area contributed by atoms with Crippen LogP contribution in [0, 0.1) is 5.92 Å². The highest BCUT2D eigenvalue weighted by Gasteiger charge is 2.20. The normalized spacial score (nSPS) is 10.7. The van der Waals surface area contributed by atoms with Gasteiger partial charge in [-0.2, -0.15) is 0 Å². The summed E-state index contributed by atoms with van der Waals surface area (Å²) in [6.45, 7) is 4.54. The molecule has 1 amide bonds. The zero-order chi connectivity index (χ0) is 13.7. The van der Waals surface area contributed by atoms with Gasteiger partial charge in [-0.05, 0) is 29.7 Å². The van der Waals surface area contributed by atoms with Crippen molar-refractivity contribution in [3.63, 3.8) is 0 Å². The second kappa shape index (κ2) is 6.44. The summed E-state index contributed by atoms with van der Waals surface area (Å²) >= 11 is 5.61. The second-order valence-corrected chi connectivity index (χ2v) is 4.77. The minimum atomic E-state index is -0.936. The maximum Gasteiger partial charge on any atom is 0.305 e. The number of carbonyl (C=O) groups is 2. The number of furan rings is 1. The van der Waals surface area contributed by atoms with Crippen molar-refractivity contribution in [3.05, 3.63) is 23.1 Å². The van der Waals surface area contributed by atoms with Crippen LogP contribution in [0.1, 0.15) is 30.8 Å². The smallest absolute Gasteiger partial charge is 0.305 e. The molecule has 0 aliphatic heterocycles. The van der Waals surface area contributed by atoms with Gasteiger partial charge >= 0.3 is 5.97 Å². The molecule has 1 heterocycles. The van der Waals surface area contributed by atoms with Crippen LogP contribution in [-0.2, 0) is 4.79 Å². The molecule has 0 saturated heterocycles. The van der Waals surface area contributed by atoms with Crippen molar-refractivity contribution in [3.8, 4) is 0 Å². The van der Waals surface area contributed by atoms with Crippen LogP contribution in [-0.4, -0.2) is 35.0 Å². The van der Waals surface area contributed by atoms with Gasteiger partial charge in [0.15, 0.2) is 11.0 Å². The largest absolute Gasteiger partial charge is 0.481 e. The maximum absolute atomic E-state index is 12.1. The Morgan fingerprint density at radius 2 is 2.11 bits per heavy atom. The summed E-state index contributed by atoms with van der Waals surface area (Å²) in [5, 5.41) is 8.81. The van der Waals surface area contributed by atoms with E-state index in [-0.39, 0.29) is 35.8 Å². The first-order valence-corrected chi connectivity index (χ1v) is 6.04. The average molecular weight is 274 g/mol. The van der Waals surface area contributed by atoms with Gasteiger partial charge in [0.25, 0.3) is 5.91 Å². The molecule has 0 atom stereocenters. The molecular formula is C12H16ClNO4. The van der Waals surface area contributed by atoms with Crippen LogP contribution in [0.4, 0.5) is 0 Å². The summed E-state index contributed by atoms with van der Waals surface area (Å²) in [4.78, 5) is 24.1. The van der Waals surface area contributed by atoms with Crippen molar-refractivity contribution >= 4 is 23.5 Å². The summed E-state index contributed by atoms with van der Waals surface area (Å²) in [5.74, 6) is -0.898. The predicted molar refractivity (Wildman–Crippen MR) is 66.7 cm³/mol. The van der Waals surface area contributed by atoms with Gasteiger partial charge in [-0.1, -0.05) is 13.8 Å². The Bertz CT molecular complexity index is 427. The molecule has 0 spiro atoms. The van der Waals surface area contributed by atoms with Crippen LogP contribution in [0.25, 0.3) is 0 Å². The first kappa shape index (κ1) is 14.6. The standard InChI is InChI=1S/C12H16ClNO4/c1-8(2)7-14(6-5-11(15)16)12(17)9-3-4-10(13)18-9/h3-4,8H,5-7H2,1-2H3,(H,15,16). The molecule has 0 aliphatic rings. The van der Waals surface area contributed by atoms with Crippen molar-refractivity contribution in [1.29, 1.82) is 0 Å². The van der Waals surface area contributed by atoms with Crippen LogP contribution >= 0.6 is 11.6 Å². The average Bonchev–Trinajstić information content (AvgIpc) is 2.69. The Balaban J connectivity index is 2.75. The Labute approximate surface area is 110 Å². The van der Waals surface area contributed by atoms with Crippen LogP contribution < -0.4 is 0 Å². The van der Waals surface area contributed by atoms with Gasteiger partial charge < -0.3 is 14.4 Å². The number of amides is 1. The van der Waals surface area contributed by atoms with Crippen LogP contribution in [0.5, 0.6) is 0 Å². The lowest BCUT2D eigenvalue weighted by Gasteiger charge is -2.22. The lowest BCUT2D eigenvalue weighted by Crippen LogP contribution is -2.35. The molecule has 0 bridgehead atoms. The SMILES string of the molecule is CC(C)CN(CCC(=O)O)C(=O)c1ccc(Cl)o1. The van der Waals surface area contributed by atoms with E-state index in [0.29, 0.717) is 6.54 Å². The predicted octanol–water partition coefficient (Wildman–Crippen LogP) is 2.51. The van der Waals surface area contributed by atoms with E-state index in [1.807, 2.05) is 13.8 Å². The minimum Gasteiger partial charge on any atom is -0.481 e. The molecule has 0 saturated carbocycles. The fraction of sp³-hybridized carbons (Fsp3) is 0.500. The van der Waals surface area contributed by atoms with Gasteiger partial charge in [-0.15, -0.1) is 0 Å². The van der Waals surface area contributed by atoms with Gasteiger partial charge in [-0.3, -0.25) is 9.59 Å². The Morgan fingerprint density at radius 1 is 1.44 bits per heavy atom. The van der Waals surface area contributed by atoms with E-state index in [4.69, 9.17) is 21.1 Å². The molecular weight excluding hydrogens is 258 g/mol. The molecule has 1 aromatic rings. The number of aliphatic carboxylic acids is 1. The minimum absolute atomic E-state index is 0.0904. The quantitative estimate of drug-likeness (QED) is 0.864. The summed E-state index contributed by atoms with van der Waals surface area (Å²) < 4.78 is 5.04. The monoisotopic (exact) mass is 273 g/mol. The number of hydrogen-bond acceptors (Lipinski definition) is 3. The van der Waals surface area contributed by atoms with Gasteiger partial charge in [-0.25, -0.2) is 0 Å². The molecule has 1 aromatic heterocycles. The number of nitrogens with zero attached hydrogens (tertiary/aromatic N) is 1. The zero-order valence-electron chi connectivity index (χ0n) is 10.4. The molecule has 0 radical (unpaired) electrons. The zero-order valence-corrected chi connectivity index (χ0v) is 11.1. The Hall–Kier alpha value is -1.49. The Kier molecular flexibility index (Phi) is 5.22. The molecule has 1 rings (SSSR count). The first-order valence-electron chi connectivity index (χ1n) is 5.66. The third-order valence-corrected chi connectivity index (χ3v) is 2.46. The fourth-order valence-electron chi connectivity index (χ4n) is 1.53. The van der Waals surface area contributed by atoms with Crippen molar-refractivity contribution in [2.75, 3.05) is 13.1 Å². The molecule has 100 valence electrons. The number of halogens is 1. The van der Waals surface area contributed by atoms with E-state index in [9.17, 15) is 9.59 Å². The third-order valence-electron chi connectivity index (χ3n) is 2.25. The molecule has 0 unspecified atom stereocenters. The molecule has 0 fully saturated rings. The van der Waals surface area contributed by atoms with Crippen molar-refractivity contribution < 1.29 is 19.1 Å². The van der Waals surface area contributed by atoms with Crippen LogP contribution in [0.3, 0.4) is 0 Å². The lowest BCUT2D eigenvalue weighted by atomic mass is 10.2. The fourth-order valence-corrected chi connectivity index (χ4v) is 1.68. The molecule has 6 heteroatoms. The first-order chi connectivity index (χ1) is 8.40. The number of carboxylic acid groups (broad SMARTS) is 1. The maximum atomic E-state index is 12.1. The number of hydrogen-bond donors (Lipinski definition) is 1. The summed E-state index contributed by atoms with van der Waals surface area (Å²) in [5.41, 5.74) is 0. The van der Waals surface area contributed by atoms with Crippen LogP contribution in [0.15, 0.2) is 16.5 Å². The summed E-state index contributed by atoms with van der Waals surface area (Å²) in [6, 6.07) is 2.97. The van der Waals surface area contributed by atoms with Crippen molar-refractivity contribution in [2.45, 2.75) is 20.3 Å². The number of carboxylic acids is 1. The highest BCUT2D eigenvalue weighted by atomic mass is 35.5. The summed E-state index contributed by atoms with van der Waals surface area (Å²) in [7, 11) is 0. The highest BCUT2D eigenvalue weighted by Crippen LogP contribution is 2.16. The Morgan fingerprint density at radius 3 is 2.56 bits per heavy atom. The molecule has 5 nitrogen and oxygen atoms in total. The van der Waals surface area contributed by atoms with E-state index >= 15 is 0 Å². The lowest BCUT2D eigenvalue weighted by molar-refractivity contribution is -0.137. The second-order valence-electron chi connectivity index (χ2n) is 4.39. The molecule has 0 aliphatic carbocycles. The van der Waals surface area contributed by atoms with E-state index in [2.05, 4.69) is 0 Å². The van der Waals surface area contributed by atoms with Gasteiger partial charge in [0, 0.05) is 13.1 Å². The van der Waals surface area contributed by atoms with Gasteiger partial charge in [0.2, 0.25) is 0 Å². The third kappa shape index (κ3) is 4.41. The number of rotatable bonds is 6. The summed E-state index contributed by atoms with van der Waals surface area (Å²) in [6.07, 6.45) is -0.0904. The van der Waals surface area contributed by atoms with Crippen LogP contribution in [0.2, 0.25) is 5.22 Å². The van der Waals surface area contributed by atoms with Crippen molar-refractivity contribution in [2.24, 2.45) is 5.92 Å². The van der Waals surface area contributed by atoms with Crippen molar-refractivity contribution in [1.82, 2.24) is 4.90 Å². The van der Waals surface area contributed by atoms with E-state index in [0.717, 1.165) is 0 Å². The van der Waals surface area contributed by atoms with E-state index in [1.54, 1.807) is 0 Å². The number of carbonyl (C=O) groups excluding carboxylic acids is 1.